The van der Waals surface area contributed by atoms with Crippen molar-refractivity contribution in [3.05, 3.63) is 95.1 Å². The van der Waals surface area contributed by atoms with E-state index in [1.807, 2.05) is 18.2 Å². The molecule has 0 unspecified atom stereocenters. The van der Waals surface area contributed by atoms with Crippen LogP contribution in [0.4, 0.5) is 0 Å². The Morgan fingerprint density at radius 2 is 1.58 bits per heavy atom. The Morgan fingerprint density at radius 3 is 2.30 bits per heavy atom. The summed E-state index contributed by atoms with van der Waals surface area (Å²) in [7, 11) is 1.57. The molecule has 3 rings (SSSR count). The molecule has 0 bridgehead atoms. The van der Waals surface area contributed by atoms with Gasteiger partial charge >= 0.3 is 0 Å². The summed E-state index contributed by atoms with van der Waals surface area (Å²) in [6.07, 6.45) is 3.75. The van der Waals surface area contributed by atoms with Gasteiger partial charge in [-0.15, -0.1) is 0 Å². The van der Waals surface area contributed by atoms with Crippen LogP contribution in [-0.2, 0) is 19.3 Å². The molecule has 5 heteroatoms. The van der Waals surface area contributed by atoms with Crippen LogP contribution in [0.2, 0.25) is 0 Å². The first-order valence-corrected chi connectivity index (χ1v) is 11.9. The minimum atomic E-state index is 0.171. The van der Waals surface area contributed by atoms with Crippen molar-refractivity contribution < 1.29 is 9.84 Å². The molecule has 4 nitrogen and oxygen atoms in total. The third-order valence-electron chi connectivity index (χ3n) is 5.75. The highest BCUT2D eigenvalue weighted by Gasteiger charge is 2.11. The van der Waals surface area contributed by atoms with Crippen molar-refractivity contribution in [1.29, 1.82) is 0 Å². The van der Waals surface area contributed by atoms with Gasteiger partial charge in [-0.3, -0.25) is 0 Å². The highest BCUT2D eigenvalue weighted by Crippen LogP contribution is 2.26. The molecule has 0 atom stereocenters. The Morgan fingerprint density at radius 1 is 0.879 bits per heavy atom. The Kier molecular flexibility index (Phi) is 9.58. The van der Waals surface area contributed by atoms with Crippen molar-refractivity contribution >= 4 is 17.3 Å². The molecule has 3 aromatic rings. The monoisotopic (exact) mass is 462 g/mol. The molecule has 0 saturated heterocycles. The Balaban J connectivity index is 1.56. The number of phenolic OH excluding ortho intramolecular Hbond substituents is 1. The topological polar surface area (TPSA) is 44.7 Å². The number of phenols is 1. The molecule has 0 fully saturated rings. The molecule has 0 aliphatic rings. The van der Waals surface area contributed by atoms with Crippen molar-refractivity contribution in [3.8, 4) is 11.5 Å². The molecule has 0 aliphatic heterocycles. The predicted molar refractivity (Wildman–Crippen MR) is 140 cm³/mol. The molecule has 3 aromatic carbocycles. The highest BCUT2D eigenvalue weighted by atomic mass is 32.1. The van der Waals surface area contributed by atoms with Crippen molar-refractivity contribution in [3.63, 3.8) is 0 Å². The number of aromatic hydroxyl groups is 1. The van der Waals surface area contributed by atoms with E-state index in [0.717, 1.165) is 56.0 Å². The molecule has 0 heterocycles. The van der Waals surface area contributed by atoms with Gasteiger partial charge in [0.05, 0.1) is 7.11 Å². The smallest absolute Gasteiger partial charge is 0.168 e. The number of hydrogen-bond donors (Lipinski definition) is 2. The van der Waals surface area contributed by atoms with Crippen LogP contribution >= 0.6 is 12.2 Å². The number of methoxy groups -OCH3 is 1. The van der Waals surface area contributed by atoms with Gasteiger partial charge in [0.1, 0.15) is 0 Å². The zero-order valence-electron chi connectivity index (χ0n) is 19.6. The molecule has 0 aliphatic carbocycles. The van der Waals surface area contributed by atoms with Gasteiger partial charge in [0.2, 0.25) is 0 Å². The first-order valence-electron chi connectivity index (χ1n) is 11.5. The van der Waals surface area contributed by atoms with E-state index in [2.05, 4.69) is 65.7 Å². The number of rotatable bonds is 11. The minimum Gasteiger partial charge on any atom is -0.504 e. The summed E-state index contributed by atoms with van der Waals surface area (Å²) in [4.78, 5) is 2.28. The Hall–Kier alpha value is -3.05. The Bertz CT molecular complexity index is 1010. The fourth-order valence-corrected chi connectivity index (χ4v) is 4.04. The Labute approximate surface area is 203 Å². The quantitative estimate of drug-likeness (QED) is 0.379. The summed E-state index contributed by atoms with van der Waals surface area (Å²) in [5.74, 6) is 0.687. The fourth-order valence-electron chi connectivity index (χ4n) is 3.76. The summed E-state index contributed by atoms with van der Waals surface area (Å²) in [6.45, 7) is 4.67. The van der Waals surface area contributed by atoms with E-state index < -0.39 is 0 Å². The number of thiocarbonyl (C=S) groups is 1. The van der Waals surface area contributed by atoms with Crippen molar-refractivity contribution in [1.82, 2.24) is 10.2 Å². The lowest BCUT2D eigenvalue weighted by atomic mass is 10.1. The first-order chi connectivity index (χ1) is 16.0. The van der Waals surface area contributed by atoms with E-state index >= 15 is 0 Å². The number of nitrogens with one attached hydrogen (secondary N) is 1. The first kappa shape index (κ1) is 24.6. The van der Waals surface area contributed by atoms with Gasteiger partial charge in [-0.2, -0.15) is 0 Å². The summed E-state index contributed by atoms with van der Waals surface area (Å²) in [5.41, 5.74) is 5.05. The van der Waals surface area contributed by atoms with Crippen LogP contribution in [0.25, 0.3) is 0 Å². The molecule has 2 N–H and O–H groups in total. The van der Waals surface area contributed by atoms with Gasteiger partial charge in [-0.25, -0.2) is 0 Å². The second-order valence-electron chi connectivity index (χ2n) is 8.30. The van der Waals surface area contributed by atoms with E-state index in [-0.39, 0.29) is 5.75 Å². The van der Waals surface area contributed by atoms with Crippen LogP contribution in [0, 0.1) is 6.92 Å². The maximum atomic E-state index is 9.82. The maximum Gasteiger partial charge on any atom is 0.168 e. The number of benzene rings is 3. The highest BCUT2D eigenvalue weighted by molar-refractivity contribution is 7.80. The number of hydrogen-bond acceptors (Lipinski definition) is 3. The third-order valence-corrected chi connectivity index (χ3v) is 6.15. The molecular weight excluding hydrogens is 428 g/mol. The zero-order chi connectivity index (χ0) is 23.5. The van der Waals surface area contributed by atoms with Crippen LogP contribution in [0.3, 0.4) is 0 Å². The summed E-state index contributed by atoms with van der Waals surface area (Å²) in [6, 6.07) is 24.7. The molecule has 174 valence electrons. The summed E-state index contributed by atoms with van der Waals surface area (Å²) < 4.78 is 5.24. The summed E-state index contributed by atoms with van der Waals surface area (Å²) in [5, 5.41) is 14.1. The van der Waals surface area contributed by atoms with Gasteiger partial charge in [-0.05, 0) is 73.6 Å². The standard InChI is InChI=1S/C28H34N2O2S/c1-22-10-12-24(13-11-22)17-20-30(28(33)29-18-16-23-7-4-3-5-8-23)19-6-9-25-14-15-26(31)27(21-25)32-2/h3-5,7-8,10-15,21,31H,6,9,16-20H2,1-2H3,(H,29,33). The van der Waals surface area contributed by atoms with Crippen molar-refractivity contribution in [2.24, 2.45) is 0 Å². The second kappa shape index (κ2) is 12.9. The van der Waals surface area contributed by atoms with E-state index in [1.54, 1.807) is 13.2 Å². The lowest BCUT2D eigenvalue weighted by Gasteiger charge is -2.26. The molecule has 0 radical (unpaired) electrons. The maximum absolute atomic E-state index is 9.82. The zero-order valence-corrected chi connectivity index (χ0v) is 20.4. The second-order valence-corrected chi connectivity index (χ2v) is 8.69. The van der Waals surface area contributed by atoms with Crippen molar-refractivity contribution in [2.75, 3.05) is 26.7 Å². The summed E-state index contributed by atoms with van der Waals surface area (Å²) >= 11 is 5.78. The predicted octanol–water partition coefficient (Wildman–Crippen LogP) is 5.30. The molecule has 0 spiro atoms. The molecule has 0 aromatic heterocycles. The van der Waals surface area contributed by atoms with Gasteiger partial charge in [0.15, 0.2) is 16.6 Å². The van der Waals surface area contributed by atoms with E-state index in [1.165, 1.54) is 16.7 Å². The van der Waals surface area contributed by atoms with Crippen LogP contribution in [-0.4, -0.2) is 41.9 Å². The number of nitrogens with zero attached hydrogens (tertiary/aromatic N) is 1. The third kappa shape index (κ3) is 8.10. The van der Waals surface area contributed by atoms with Crippen LogP contribution in [0.1, 0.15) is 28.7 Å². The van der Waals surface area contributed by atoms with Crippen LogP contribution < -0.4 is 10.1 Å². The molecular formula is C28H34N2O2S. The van der Waals surface area contributed by atoms with E-state index in [9.17, 15) is 5.11 Å². The minimum absolute atomic E-state index is 0.171. The van der Waals surface area contributed by atoms with Gasteiger partial charge < -0.3 is 20.1 Å². The molecule has 33 heavy (non-hydrogen) atoms. The number of aryl methyl sites for hydroxylation is 2. The number of ether oxygens (including phenoxy) is 1. The van der Waals surface area contributed by atoms with E-state index in [0.29, 0.717) is 5.75 Å². The lowest BCUT2D eigenvalue weighted by molar-refractivity contribution is 0.372. The van der Waals surface area contributed by atoms with Crippen LogP contribution in [0.15, 0.2) is 72.8 Å². The SMILES string of the molecule is COc1cc(CCCN(CCc2ccc(C)cc2)C(=S)NCCc2ccccc2)ccc1O. The normalized spacial score (nSPS) is 10.6. The van der Waals surface area contributed by atoms with Gasteiger partial charge in [0, 0.05) is 19.6 Å². The molecule has 0 amide bonds. The van der Waals surface area contributed by atoms with Gasteiger partial charge in [-0.1, -0.05) is 66.2 Å². The van der Waals surface area contributed by atoms with Gasteiger partial charge in [0.25, 0.3) is 0 Å². The average molecular weight is 463 g/mol. The lowest BCUT2D eigenvalue weighted by Crippen LogP contribution is -2.42. The van der Waals surface area contributed by atoms with Crippen LogP contribution in [0.5, 0.6) is 11.5 Å². The van der Waals surface area contributed by atoms with Crippen molar-refractivity contribution in [2.45, 2.75) is 32.6 Å². The largest absolute Gasteiger partial charge is 0.504 e. The van der Waals surface area contributed by atoms with E-state index in [4.69, 9.17) is 17.0 Å². The average Bonchev–Trinajstić information content (AvgIpc) is 2.83. The fraction of sp³-hybridized carbons (Fsp3) is 0.321. The molecule has 0 saturated carbocycles.